The molecule has 1 aromatic rings. The van der Waals surface area contributed by atoms with E-state index in [0.29, 0.717) is 5.56 Å². The summed E-state index contributed by atoms with van der Waals surface area (Å²) in [6.45, 7) is 3.48. The maximum absolute atomic E-state index is 11.0. The summed E-state index contributed by atoms with van der Waals surface area (Å²) in [6, 6.07) is 3.96. The topological polar surface area (TPSA) is 78.7 Å². The Morgan fingerprint density at radius 3 is 2.69 bits per heavy atom. The molecule has 0 atom stereocenters. The summed E-state index contributed by atoms with van der Waals surface area (Å²) >= 11 is 0. The summed E-state index contributed by atoms with van der Waals surface area (Å²) in [5.41, 5.74) is 0.455. The van der Waals surface area contributed by atoms with Gasteiger partial charge in [-0.25, -0.2) is 4.79 Å². The number of nitrogens with zero attached hydrogens (tertiary/aromatic N) is 1. The molecule has 1 rings (SSSR count). The summed E-state index contributed by atoms with van der Waals surface area (Å²) in [5, 5.41) is 10.5. The lowest BCUT2D eigenvalue weighted by Crippen LogP contribution is -2.10. The van der Waals surface area contributed by atoms with Gasteiger partial charge in [0.25, 0.3) is 5.69 Å². The molecule has 0 fully saturated rings. The van der Waals surface area contributed by atoms with Crippen LogP contribution >= 0.6 is 0 Å². The zero-order chi connectivity index (χ0) is 12.1. The Morgan fingerprint density at radius 1 is 1.50 bits per heavy atom. The molecule has 0 aromatic heterocycles. The first-order valence-corrected chi connectivity index (χ1v) is 4.64. The molecule has 0 aliphatic heterocycles. The lowest BCUT2D eigenvalue weighted by atomic mass is 10.2. The van der Waals surface area contributed by atoms with Crippen LogP contribution in [0, 0.1) is 17.0 Å². The van der Waals surface area contributed by atoms with E-state index >= 15 is 0 Å². The number of hydrogen-bond donors (Lipinski definition) is 0. The molecule has 1 aromatic carbocycles. The molecule has 0 radical (unpaired) electrons. The van der Waals surface area contributed by atoms with Crippen molar-refractivity contribution in [2.75, 3.05) is 6.61 Å². The average Bonchev–Trinajstić information content (AvgIpc) is 2.21. The Balaban J connectivity index is 2.83. The van der Waals surface area contributed by atoms with Crippen molar-refractivity contribution in [3.05, 3.63) is 33.9 Å². The number of non-ortho nitro benzene ring substituents is 1. The van der Waals surface area contributed by atoms with Crippen molar-refractivity contribution in [1.29, 1.82) is 0 Å². The summed E-state index contributed by atoms with van der Waals surface area (Å²) in [4.78, 5) is 21.0. The Kier molecular flexibility index (Phi) is 3.82. The molecule has 0 aliphatic rings. The zero-order valence-corrected chi connectivity index (χ0v) is 8.93. The number of ether oxygens (including phenoxy) is 2. The lowest BCUT2D eigenvalue weighted by molar-refractivity contribution is -0.384. The molecular weight excluding hydrogens is 214 g/mol. The van der Waals surface area contributed by atoms with Gasteiger partial charge in [0, 0.05) is 12.1 Å². The van der Waals surface area contributed by atoms with E-state index in [4.69, 9.17) is 4.74 Å². The van der Waals surface area contributed by atoms with Gasteiger partial charge in [0.15, 0.2) is 0 Å². The van der Waals surface area contributed by atoms with Crippen molar-refractivity contribution >= 4 is 11.8 Å². The van der Waals surface area contributed by atoms with Gasteiger partial charge >= 0.3 is 6.16 Å². The van der Waals surface area contributed by atoms with Gasteiger partial charge in [-0.2, -0.15) is 0 Å². The lowest BCUT2D eigenvalue weighted by Gasteiger charge is -2.06. The second-order valence-corrected chi connectivity index (χ2v) is 2.99. The standard InChI is InChI=1S/C10H11NO5/c1-3-15-10(12)16-9-5-4-8(11(13)14)6-7(9)2/h4-6H,3H2,1-2H3. The van der Waals surface area contributed by atoms with Crippen molar-refractivity contribution in [3.63, 3.8) is 0 Å². The maximum Gasteiger partial charge on any atom is 0.513 e. The van der Waals surface area contributed by atoms with Gasteiger partial charge in [0.1, 0.15) is 5.75 Å². The smallest absolute Gasteiger partial charge is 0.434 e. The molecule has 0 bridgehead atoms. The maximum atomic E-state index is 11.0. The van der Waals surface area contributed by atoms with Crippen LogP contribution in [-0.2, 0) is 4.74 Å². The predicted molar refractivity (Wildman–Crippen MR) is 55.5 cm³/mol. The molecule has 0 saturated heterocycles. The van der Waals surface area contributed by atoms with Crippen LogP contribution in [0.1, 0.15) is 12.5 Å². The molecule has 6 nitrogen and oxygen atoms in total. The number of nitro groups is 1. The molecular formula is C10H11NO5. The molecule has 0 N–H and O–H groups in total. The fourth-order valence-corrected chi connectivity index (χ4v) is 1.10. The Labute approximate surface area is 91.9 Å². The number of aryl methyl sites for hydroxylation is 1. The van der Waals surface area contributed by atoms with E-state index in [-0.39, 0.29) is 18.0 Å². The minimum atomic E-state index is -0.820. The highest BCUT2D eigenvalue weighted by Gasteiger charge is 2.12. The Hall–Kier alpha value is -2.11. The molecule has 0 spiro atoms. The summed E-state index contributed by atoms with van der Waals surface area (Å²) in [5.74, 6) is 0.254. The summed E-state index contributed by atoms with van der Waals surface area (Å²) in [6.07, 6.45) is -0.820. The molecule has 6 heteroatoms. The Bertz CT molecular complexity index is 416. The molecule has 0 heterocycles. The van der Waals surface area contributed by atoms with E-state index in [1.165, 1.54) is 18.2 Å². The molecule has 86 valence electrons. The van der Waals surface area contributed by atoms with Crippen LogP contribution in [0.5, 0.6) is 5.75 Å². The van der Waals surface area contributed by atoms with Gasteiger partial charge in [-0.1, -0.05) is 0 Å². The molecule has 0 unspecified atom stereocenters. The van der Waals surface area contributed by atoms with Gasteiger partial charge in [0.05, 0.1) is 11.5 Å². The van der Waals surface area contributed by atoms with E-state index in [9.17, 15) is 14.9 Å². The van der Waals surface area contributed by atoms with E-state index < -0.39 is 11.1 Å². The van der Waals surface area contributed by atoms with E-state index in [2.05, 4.69) is 4.74 Å². The Morgan fingerprint density at radius 2 is 2.19 bits per heavy atom. The predicted octanol–water partition coefficient (Wildman–Crippen LogP) is 2.44. The van der Waals surface area contributed by atoms with Crippen LogP contribution in [0.2, 0.25) is 0 Å². The second kappa shape index (κ2) is 5.11. The highest BCUT2D eigenvalue weighted by Crippen LogP contribution is 2.23. The van der Waals surface area contributed by atoms with Gasteiger partial charge in [0.2, 0.25) is 0 Å². The first-order valence-electron chi connectivity index (χ1n) is 4.64. The monoisotopic (exact) mass is 225 g/mol. The first kappa shape index (κ1) is 12.0. The SMILES string of the molecule is CCOC(=O)Oc1ccc([N+](=O)[O-])cc1C. The van der Waals surface area contributed by atoms with Crippen LogP contribution in [0.15, 0.2) is 18.2 Å². The second-order valence-electron chi connectivity index (χ2n) is 2.99. The number of carbonyl (C=O) groups is 1. The quantitative estimate of drug-likeness (QED) is 0.341. The van der Waals surface area contributed by atoms with Crippen molar-refractivity contribution in [2.45, 2.75) is 13.8 Å². The van der Waals surface area contributed by atoms with Gasteiger partial charge in [-0.05, 0) is 25.5 Å². The van der Waals surface area contributed by atoms with Crippen molar-refractivity contribution in [1.82, 2.24) is 0 Å². The fourth-order valence-electron chi connectivity index (χ4n) is 1.10. The molecule has 0 aliphatic carbocycles. The van der Waals surface area contributed by atoms with Gasteiger partial charge in [-0.15, -0.1) is 0 Å². The van der Waals surface area contributed by atoms with Crippen LogP contribution in [0.4, 0.5) is 10.5 Å². The van der Waals surface area contributed by atoms with E-state index in [1.54, 1.807) is 13.8 Å². The molecule has 0 saturated carbocycles. The highest BCUT2D eigenvalue weighted by atomic mass is 16.7. The summed E-state index contributed by atoms with van der Waals surface area (Å²) in [7, 11) is 0. The zero-order valence-electron chi connectivity index (χ0n) is 8.93. The summed E-state index contributed by atoms with van der Waals surface area (Å²) < 4.78 is 9.42. The molecule has 16 heavy (non-hydrogen) atoms. The van der Waals surface area contributed by atoms with Gasteiger partial charge < -0.3 is 9.47 Å². The fraction of sp³-hybridized carbons (Fsp3) is 0.300. The number of rotatable bonds is 3. The van der Waals surface area contributed by atoms with Crippen LogP contribution in [0.3, 0.4) is 0 Å². The normalized spacial score (nSPS) is 9.62. The highest BCUT2D eigenvalue weighted by molar-refractivity contribution is 5.64. The van der Waals surface area contributed by atoms with Crippen LogP contribution in [0.25, 0.3) is 0 Å². The van der Waals surface area contributed by atoms with Crippen molar-refractivity contribution < 1.29 is 19.2 Å². The first-order chi connectivity index (χ1) is 7.54. The third-order valence-electron chi connectivity index (χ3n) is 1.82. The average molecular weight is 225 g/mol. The van der Waals surface area contributed by atoms with Crippen molar-refractivity contribution in [2.24, 2.45) is 0 Å². The van der Waals surface area contributed by atoms with Crippen LogP contribution in [-0.4, -0.2) is 17.7 Å². The minimum Gasteiger partial charge on any atom is -0.434 e. The van der Waals surface area contributed by atoms with Crippen LogP contribution < -0.4 is 4.74 Å². The number of hydrogen-bond acceptors (Lipinski definition) is 5. The van der Waals surface area contributed by atoms with E-state index in [1.807, 2.05) is 0 Å². The third kappa shape index (κ3) is 2.94. The van der Waals surface area contributed by atoms with Crippen molar-refractivity contribution in [3.8, 4) is 5.75 Å². The number of carbonyl (C=O) groups excluding carboxylic acids is 1. The number of nitro benzene ring substituents is 1. The number of benzene rings is 1. The van der Waals surface area contributed by atoms with E-state index in [0.717, 1.165) is 0 Å². The minimum absolute atomic E-state index is 0.0475. The third-order valence-corrected chi connectivity index (χ3v) is 1.82. The largest absolute Gasteiger partial charge is 0.513 e. The van der Waals surface area contributed by atoms with Gasteiger partial charge in [-0.3, -0.25) is 10.1 Å². The molecule has 0 amide bonds.